The lowest BCUT2D eigenvalue weighted by molar-refractivity contribution is 0.0939. The molecule has 2 aromatic rings. The number of nitrogens with zero attached hydrogens (tertiary/aromatic N) is 1. The number of hydrogen-bond donors (Lipinski definition) is 1. The first-order chi connectivity index (χ1) is 8.68. The van der Waals surface area contributed by atoms with Crippen LogP contribution in [-0.4, -0.2) is 10.9 Å². The molecule has 1 N–H and O–H groups in total. The zero-order valence-electron chi connectivity index (χ0n) is 9.93. The Bertz CT molecular complexity index is 543. The number of pyridine rings is 1. The minimum absolute atomic E-state index is 0.0710. The van der Waals surface area contributed by atoms with E-state index in [2.05, 4.69) is 26.2 Å². The molecule has 1 amide bonds. The van der Waals surface area contributed by atoms with Gasteiger partial charge in [0, 0.05) is 16.9 Å². The van der Waals surface area contributed by atoms with E-state index in [0.29, 0.717) is 5.56 Å². The molecule has 1 aromatic carbocycles. The predicted molar refractivity (Wildman–Crippen MR) is 74.3 cm³/mol. The van der Waals surface area contributed by atoms with Crippen LogP contribution in [0.25, 0.3) is 0 Å². The van der Waals surface area contributed by atoms with E-state index >= 15 is 0 Å². The monoisotopic (exact) mass is 304 g/mol. The van der Waals surface area contributed by atoms with Crippen LogP contribution in [0, 0.1) is 0 Å². The predicted octanol–water partition coefficient (Wildman–Crippen LogP) is 3.34. The average Bonchev–Trinajstić information content (AvgIpc) is 2.40. The summed E-state index contributed by atoms with van der Waals surface area (Å²) in [6.45, 7) is 1.94. The van der Waals surface area contributed by atoms with E-state index in [1.807, 2.05) is 37.3 Å². The van der Waals surface area contributed by atoms with Crippen LogP contribution < -0.4 is 5.32 Å². The first-order valence-electron chi connectivity index (χ1n) is 5.64. The molecule has 0 aliphatic carbocycles. The molecule has 1 aromatic heterocycles. The summed E-state index contributed by atoms with van der Waals surface area (Å²) in [5.41, 5.74) is 1.62. The maximum atomic E-state index is 12.1. The number of carbonyl (C=O) groups is 1. The van der Waals surface area contributed by atoms with Crippen molar-refractivity contribution in [3.05, 3.63) is 64.4 Å². The molecule has 3 nitrogen and oxygen atoms in total. The highest BCUT2D eigenvalue weighted by molar-refractivity contribution is 9.10. The van der Waals surface area contributed by atoms with Gasteiger partial charge in [0.15, 0.2) is 0 Å². The summed E-state index contributed by atoms with van der Waals surface area (Å²) in [7, 11) is 0. The van der Waals surface area contributed by atoms with Crippen molar-refractivity contribution >= 4 is 21.8 Å². The van der Waals surface area contributed by atoms with E-state index in [0.717, 1.165) is 10.0 Å². The summed E-state index contributed by atoms with van der Waals surface area (Å²) >= 11 is 3.37. The Morgan fingerprint density at radius 2 is 2.06 bits per heavy atom. The van der Waals surface area contributed by atoms with Gasteiger partial charge in [-0.3, -0.25) is 9.78 Å². The number of nitrogens with one attached hydrogen (secondary N) is 1. The summed E-state index contributed by atoms with van der Waals surface area (Å²) in [5.74, 6) is -0.0983. The molecule has 4 heteroatoms. The van der Waals surface area contributed by atoms with Gasteiger partial charge in [-0.1, -0.05) is 18.2 Å². The average molecular weight is 305 g/mol. The summed E-state index contributed by atoms with van der Waals surface area (Å²) in [6, 6.07) is 11.1. The van der Waals surface area contributed by atoms with Crippen molar-refractivity contribution in [2.24, 2.45) is 0 Å². The Balaban J connectivity index is 2.11. The number of carbonyl (C=O) groups excluding carboxylic acids is 1. The van der Waals surface area contributed by atoms with Crippen LogP contribution in [-0.2, 0) is 0 Å². The topological polar surface area (TPSA) is 42.0 Å². The maximum Gasteiger partial charge on any atom is 0.252 e. The van der Waals surface area contributed by atoms with Gasteiger partial charge in [0.25, 0.3) is 5.91 Å². The highest BCUT2D eigenvalue weighted by atomic mass is 79.9. The third-order valence-electron chi connectivity index (χ3n) is 2.65. The molecule has 0 aliphatic heterocycles. The quantitative estimate of drug-likeness (QED) is 0.945. The molecule has 0 fully saturated rings. The van der Waals surface area contributed by atoms with Gasteiger partial charge in [-0.05, 0) is 46.6 Å². The number of hydrogen-bond acceptors (Lipinski definition) is 2. The van der Waals surface area contributed by atoms with E-state index in [9.17, 15) is 4.79 Å². The minimum Gasteiger partial charge on any atom is -0.345 e. The molecule has 18 heavy (non-hydrogen) atoms. The molecule has 0 saturated carbocycles. The van der Waals surface area contributed by atoms with Crippen LogP contribution in [0.3, 0.4) is 0 Å². The van der Waals surface area contributed by atoms with Gasteiger partial charge in [0.2, 0.25) is 0 Å². The molecular weight excluding hydrogens is 292 g/mol. The van der Waals surface area contributed by atoms with Crippen molar-refractivity contribution in [3.63, 3.8) is 0 Å². The van der Waals surface area contributed by atoms with Crippen LogP contribution in [0.1, 0.15) is 28.9 Å². The lowest BCUT2D eigenvalue weighted by Gasteiger charge is -2.14. The van der Waals surface area contributed by atoms with Crippen molar-refractivity contribution in [2.45, 2.75) is 13.0 Å². The molecule has 1 unspecified atom stereocenters. The number of amides is 1. The van der Waals surface area contributed by atoms with Gasteiger partial charge >= 0.3 is 0 Å². The van der Waals surface area contributed by atoms with Gasteiger partial charge in [0.05, 0.1) is 11.6 Å². The number of benzene rings is 1. The highest BCUT2D eigenvalue weighted by Crippen LogP contribution is 2.17. The van der Waals surface area contributed by atoms with E-state index < -0.39 is 0 Å². The summed E-state index contributed by atoms with van der Waals surface area (Å²) in [6.07, 6.45) is 3.47. The van der Waals surface area contributed by atoms with E-state index in [-0.39, 0.29) is 11.9 Å². The Morgan fingerprint density at radius 1 is 1.28 bits per heavy atom. The van der Waals surface area contributed by atoms with Crippen molar-refractivity contribution in [2.75, 3.05) is 0 Å². The summed E-state index contributed by atoms with van der Waals surface area (Å²) in [5, 5.41) is 2.94. The number of aromatic nitrogens is 1. The molecule has 0 radical (unpaired) electrons. The number of halogens is 1. The van der Waals surface area contributed by atoms with Gasteiger partial charge in [-0.2, -0.15) is 0 Å². The van der Waals surface area contributed by atoms with Crippen LogP contribution in [0.5, 0.6) is 0 Å². The van der Waals surface area contributed by atoms with E-state index in [4.69, 9.17) is 0 Å². The zero-order chi connectivity index (χ0) is 13.0. The Morgan fingerprint density at radius 3 is 2.72 bits per heavy atom. The van der Waals surface area contributed by atoms with Crippen molar-refractivity contribution in [1.82, 2.24) is 10.3 Å². The Hall–Kier alpha value is -1.68. The molecule has 2 rings (SSSR count). The fourth-order valence-corrected chi connectivity index (χ4v) is 2.10. The lowest BCUT2D eigenvalue weighted by atomic mass is 10.1. The fraction of sp³-hybridized carbons (Fsp3) is 0.143. The van der Waals surface area contributed by atoms with E-state index in [1.165, 1.54) is 0 Å². The van der Waals surface area contributed by atoms with Gasteiger partial charge in [0.1, 0.15) is 0 Å². The fourth-order valence-electron chi connectivity index (χ4n) is 1.64. The van der Waals surface area contributed by atoms with Gasteiger partial charge in [-0.25, -0.2) is 0 Å². The van der Waals surface area contributed by atoms with Crippen molar-refractivity contribution in [1.29, 1.82) is 0 Å². The second kappa shape index (κ2) is 5.78. The van der Waals surface area contributed by atoms with Gasteiger partial charge in [-0.15, -0.1) is 0 Å². The summed E-state index contributed by atoms with van der Waals surface area (Å²) in [4.78, 5) is 16.1. The summed E-state index contributed by atoms with van der Waals surface area (Å²) < 4.78 is 0.792. The highest BCUT2D eigenvalue weighted by Gasteiger charge is 2.13. The standard InChI is InChI=1S/C14H13BrN2O/c1-10(11-5-4-8-16-9-11)17-14(18)12-6-2-3-7-13(12)15/h2-10H,1H3,(H,17,18). The lowest BCUT2D eigenvalue weighted by Crippen LogP contribution is -2.26. The van der Waals surface area contributed by atoms with Crippen LogP contribution in [0.2, 0.25) is 0 Å². The maximum absolute atomic E-state index is 12.1. The molecule has 0 spiro atoms. The second-order valence-electron chi connectivity index (χ2n) is 3.96. The molecule has 92 valence electrons. The van der Waals surface area contributed by atoms with Gasteiger partial charge < -0.3 is 5.32 Å². The third kappa shape index (κ3) is 2.96. The van der Waals surface area contributed by atoms with Crippen LogP contribution in [0.15, 0.2) is 53.3 Å². The first kappa shape index (κ1) is 12.8. The largest absolute Gasteiger partial charge is 0.345 e. The minimum atomic E-state index is -0.0983. The smallest absolute Gasteiger partial charge is 0.252 e. The zero-order valence-corrected chi connectivity index (χ0v) is 11.5. The van der Waals surface area contributed by atoms with Crippen molar-refractivity contribution in [3.8, 4) is 0 Å². The molecule has 0 aliphatic rings. The molecule has 1 heterocycles. The van der Waals surface area contributed by atoms with Crippen molar-refractivity contribution < 1.29 is 4.79 Å². The second-order valence-corrected chi connectivity index (χ2v) is 4.82. The normalized spacial score (nSPS) is 11.9. The molecular formula is C14H13BrN2O. The molecule has 0 saturated heterocycles. The first-order valence-corrected chi connectivity index (χ1v) is 6.43. The Kier molecular flexibility index (Phi) is 4.10. The number of rotatable bonds is 3. The SMILES string of the molecule is CC(NC(=O)c1ccccc1Br)c1cccnc1. The van der Waals surface area contributed by atoms with Crippen LogP contribution in [0.4, 0.5) is 0 Å². The molecule has 0 bridgehead atoms. The molecule has 1 atom stereocenters. The third-order valence-corrected chi connectivity index (χ3v) is 3.34. The van der Waals surface area contributed by atoms with Crippen LogP contribution >= 0.6 is 15.9 Å². The van der Waals surface area contributed by atoms with E-state index in [1.54, 1.807) is 18.5 Å². The Labute approximate surface area is 114 Å².